The van der Waals surface area contributed by atoms with Crippen molar-refractivity contribution in [3.8, 4) is 0 Å². The number of rotatable bonds is 4. The Bertz CT molecular complexity index is 961. The van der Waals surface area contributed by atoms with Gasteiger partial charge in [0.05, 0.1) is 6.04 Å². The summed E-state index contributed by atoms with van der Waals surface area (Å²) < 4.78 is 0. The average Bonchev–Trinajstić information content (AvgIpc) is 2.60. The van der Waals surface area contributed by atoms with Gasteiger partial charge in [0.2, 0.25) is 0 Å². The number of fused-ring (bicyclic) bond motifs is 1. The molecular weight excluding hydrogens is 336 g/mol. The van der Waals surface area contributed by atoms with E-state index in [9.17, 15) is 9.59 Å². The van der Waals surface area contributed by atoms with Gasteiger partial charge in [-0.05, 0) is 41.1 Å². The molecule has 25 heavy (non-hydrogen) atoms. The highest BCUT2D eigenvalue weighted by atomic mass is 35.5. The number of aromatic amines is 1. The normalized spacial score (nSPS) is 12.3. The smallest absolute Gasteiger partial charge is 0.268 e. The van der Waals surface area contributed by atoms with Gasteiger partial charge in [0.25, 0.3) is 11.5 Å². The van der Waals surface area contributed by atoms with Crippen molar-refractivity contribution in [1.82, 2.24) is 10.3 Å². The lowest BCUT2D eigenvalue weighted by molar-refractivity contribution is 0.0920. The number of pyridine rings is 1. The van der Waals surface area contributed by atoms with E-state index >= 15 is 0 Å². The summed E-state index contributed by atoms with van der Waals surface area (Å²) in [7, 11) is 0. The van der Waals surface area contributed by atoms with Gasteiger partial charge in [0.15, 0.2) is 0 Å². The van der Waals surface area contributed by atoms with Crippen LogP contribution < -0.4 is 10.9 Å². The molecule has 2 N–H and O–H groups in total. The van der Waals surface area contributed by atoms with E-state index < -0.39 is 0 Å². The molecule has 1 aromatic heterocycles. The fraction of sp³-hybridized carbons (Fsp3) is 0.200. The summed E-state index contributed by atoms with van der Waals surface area (Å²) in [6.45, 7) is 4.06. The van der Waals surface area contributed by atoms with Gasteiger partial charge >= 0.3 is 0 Å². The van der Waals surface area contributed by atoms with Crippen LogP contribution in [-0.4, -0.2) is 10.9 Å². The third kappa shape index (κ3) is 3.74. The molecule has 0 spiro atoms. The van der Waals surface area contributed by atoms with E-state index in [-0.39, 0.29) is 29.1 Å². The lowest BCUT2D eigenvalue weighted by atomic mass is 9.96. The molecule has 3 aromatic rings. The predicted molar refractivity (Wildman–Crippen MR) is 101 cm³/mol. The van der Waals surface area contributed by atoms with Gasteiger partial charge in [-0.15, -0.1) is 0 Å². The Morgan fingerprint density at radius 3 is 2.44 bits per heavy atom. The summed E-state index contributed by atoms with van der Waals surface area (Å²) >= 11 is 5.94. The molecule has 0 bridgehead atoms. The van der Waals surface area contributed by atoms with Crippen molar-refractivity contribution in [1.29, 1.82) is 0 Å². The second kappa shape index (κ2) is 7.11. The van der Waals surface area contributed by atoms with E-state index in [1.165, 1.54) is 0 Å². The zero-order valence-corrected chi connectivity index (χ0v) is 14.8. The molecular formula is C20H19ClN2O2. The van der Waals surface area contributed by atoms with Crippen LogP contribution in [0.2, 0.25) is 5.02 Å². The summed E-state index contributed by atoms with van der Waals surface area (Å²) in [5, 5.41) is 4.96. The monoisotopic (exact) mass is 354 g/mol. The maximum atomic E-state index is 12.7. The van der Waals surface area contributed by atoms with Crippen LogP contribution in [0.4, 0.5) is 0 Å². The number of carbonyl (C=O) groups is 1. The fourth-order valence-corrected chi connectivity index (χ4v) is 2.98. The van der Waals surface area contributed by atoms with Crippen LogP contribution in [0.3, 0.4) is 0 Å². The van der Waals surface area contributed by atoms with Crippen molar-refractivity contribution >= 4 is 28.3 Å². The SMILES string of the molecule is CC(C)C(NC(=O)c1cc2ccccc2c(=O)[nH]1)c1ccc(Cl)cc1. The molecule has 0 aliphatic heterocycles. The molecule has 0 saturated carbocycles. The standard InChI is InChI=1S/C20H19ClN2O2/c1-12(2)18(13-7-9-15(21)10-8-13)23-20(25)17-11-14-5-3-4-6-16(14)19(24)22-17/h3-12,18H,1-2H3,(H,22,24)(H,23,25). The Morgan fingerprint density at radius 2 is 1.76 bits per heavy atom. The first kappa shape index (κ1) is 17.2. The Hall–Kier alpha value is -2.59. The van der Waals surface area contributed by atoms with Crippen LogP contribution in [0.5, 0.6) is 0 Å². The molecule has 1 unspecified atom stereocenters. The van der Waals surface area contributed by atoms with Crippen LogP contribution >= 0.6 is 11.6 Å². The van der Waals surface area contributed by atoms with E-state index in [4.69, 9.17) is 11.6 Å². The molecule has 5 heteroatoms. The molecule has 0 radical (unpaired) electrons. The number of aromatic nitrogens is 1. The molecule has 1 atom stereocenters. The number of hydrogen-bond donors (Lipinski definition) is 2. The average molecular weight is 355 g/mol. The van der Waals surface area contributed by atoms with Crippen LogP contribution in [-0.2, 0) is 0 Å². The van der Waals surface area contributed by atoms with Gasteiger partial charge in [-0.25, -0.2) is 0 Å². The minimum atomic E-state index is -0.309. The van der Waals surface area contributed by atoms with Crippen LogP contribution in [0, 0.1) is 5.92 Å². The molecule has 4 nitrogen and oxygen atoms in total. The highest BCUT2D eigenvalue weighted by Crippen LogP contribution is 2.23. The number of nitrogens with one attached hydrogen (secondary N) is 2. The topological polar surface area (TPSA) is 62.0 Å². The summed E-state index contributed by atoms with van der Waals surface area (Å²) in [6, 6.07) is 16.1. The van der Waals surface area contributed by atoms with Gasteiger partial charge in [-0.1, -0.05) is 55.8 Å². The van der Waals surface area contributed by atoms with Crippen molar-refractivity contribution in [2.24, 2.45) is 5.92 Å². The highest BCUT2D eigenvalue weighted by molar-refractivity contribution is 6.30. The van der Waals surface area contributed by atoms with E-state index in [1.54, 1.807) is 30.3 Å². The van der Waals surface area contributed by atoms with Gasteiger partial charge in [-0.3, -0.25) is 9.59 Å². The molecule has 1 heterocycles. The molecule has 1 amide bonds. The number of carbonyl (C=O) groups excluding carboxylic acids is 1. The quantitative estimate of drug-likeness (QED) is 0.733. The van der Waals surface area contributed by atoms with Crippen LogP contribution in [0.1, 0.15) is 35.9 Å². The first-order valence-corrected chi connectivity index (χ1v) is 8.52. The number of amides is 1. The number of hydrogen-bond acceptors (Lipinski definition) is 2. The minimum absolute atomic E-state index is 0.178. The molecule has 0 fully saturated rings. The van der Waals surface area contributed by atoms with Gasteiger partial charge in [-0.2, -0.15) is 0 Å². The number of benzene rings is 2. The maximum Gasteiger partial charge on any atom is 0.268 e. The van der Waals surface area contributed by atoms with Gasteiger partial charge in [0.1, 0.15) is 5.69 Å². The first-order valence-electron chi connectivity index (χ1n) is 8.14. The Kier molecular flexibility index (Phi) is 4.91. The number of H-pyrrole nitrogens is 1. The second-order valence-corrected chi connectivity index (χ2v) is 6.78. The molecule has 3 rings (SSSR count). The first-order chi connectivity index (χ1) is 12.0. The maximum absolute atomic E-state index is 12.7. The largest absolute Gasteiger partial charge is 0.344 e. The third-order valence-electron chi connectivity index (χ3n) is 4.18. The van der Waals surface area contributed by atoms with E-state index in [1.807, 2.05) is 38.1 Å². The van der Waals surface area contributed by atoms with E-state index in [0.29, 0.717) is 10.4 Å². The van der Waals surface area contributed by atoms with Gasteiger partial charge < -0.3 is 10.3 Å². The predicted octanol–water partition coefficient (Wildman–Crippen LogP) is 4.31. The summed E-state index contributed by atoms with van der Waals surface area (Å²) in [6.07, 6.45) is 0. The fourth-order valence-electron chi connectivity index (χ4n) is 2.86. The van der Waals surface area contributed by atoms with Gasteiger partial charge in [0, 0.05) is 10.4 Å². The Morgan fingerprint density at radius 1 is 1.08 bits per heavy atom. The van der Waals surface area contributed by atoms with Crippen LogP contribution in [0.25, 0.3) is 10.8 Å². The van der Waals surface area contributed by atoms with E-state index in [0.717, 1.165) is 10.9 Å². The Balaban J connectivity index is 1.91. The summed E-state index contributed by atoms with van der Waals surface area (Å²) in [4.78, 5) is 27.5. The van der Waals surface area contributed by atoms with Crippen molar-refractivity contribution in [3.63, 3.8) is 0 Å². The minimum Gasteiger partial charge on any atom is -0.344 e. The molecule has 128 valence electrons. The van der Waals surface area contributed by atoms with Crippen LogP contribution in [0.15, 0.2) is 59.4 Å². The molecule has 0 saturated heterocycles. The second-order valence-electron chi connectivity index (χ2n) is 6.35. The molecule has 0 aliphatic carbocycles. The third-order valence-corrected chi connectivity index (χ3v) is 4.43. The van der Waals surface area contributed by atoms with E-state index in [2.05, 4.69) is 10.3 Å². The molecule has 2 aromatic carbocycles. The van der Waals surface area contributed by atoms with Crippen molar-refractivity contribution in [2.75, 3.05) is 0 Å². The van der Waals surface area contributed by atoms with Crippen molar-refractivity contribution in [2.45, 2.75) is 19.9 Å². The Labute approximate surface area is 150 Å². The summed E-state index contributed by atoms with van der Waals surface area (Å²) in [5.74, 6) is -0.131. The zero-order chi connectivity index (χ0) is 18.0. The molecule has 0 aliphatic rings. The number of halogens is 1. The van der Waals surface area contributed by atoms with Crippen molar-refractivity contribution in [3.05, 3.63) is 81.2 Å². The lowest BCUT2D eigenvalue weighted by Gasteiger charge is -2.23. The zero-order valence-electron chi connectivity index (χ0n) is 14.0. The summed E-state index contributed by atoms with van der Waals surface area (Å²) in [5.41, 5.74) is 0.954. The lowest BCUT2D eigenvalue weighted by Crippen LogP contribution is -2.33. The van der Waals surface area contributed by atoms with Crippen molar-refractivity contribution < 1.29 is 4.79 Å². The highest BCUT2D eigenvalue weighted by Gasteiger charge is 2.20.